The van der Waals surface area contributed by atoms with Crippen molar-refractivity contribution < 1.29 is 4.39 Å². The van der Waals surface area contributed by atoms with Crippen molar-refractivity contribution in [2.24, 2.45) is 0 Å². The van der Waals surface area contributed by atoms with Crippen molar-refractivity contribution in [2.45, 2.75) is 19.4 Å². The summed E-state index contributed by atoms with van der Waals surface area (Å²) >= 11 is 0. The Hall–Kier alpha value is -1.44. The Morgan fingerprint density at radius 2 is 2.17 bits per heavy atom. The lowest BCUT2D eigenvalue weighted by atomic mass is 9.99. The molecule has 1 aliphatic heterocycles. The van der Waals surface area contributed by atoms with Crippen molar-refractivity contribution in [1.29, 1.82) is 5.26 Å². The molecule has 0 aromatic heterocycles. The second-order valence-corrected chi connectivity index (χ2v) is 4.69. The Morgan fingerprint density at radius 3 is 2.83 bits per heavy atom. The lowest BCUT2D eigenvalue weighted by Crippen LogP contribution is -2.45. The maximum absolute atomic E-state index is 13.9. The monoisotopic (exact) mass is 247 g/mol. The first-order valence-electron chi connectivity index (χ1n) is 6.30. The molecule has 1 atom stereocenters. The molecule has 1 fully saturated rings. The van der Waals surface area contributed by atoms with Crippen LogP contribution >= 0.6 is 0 Å². The van der Waals surface area contributed by atoms with E-state index >= 15 is 0 Å². The Labute approximate surface area is 107 Å². The third kappa shape index (κ3) is 2.87. The van der Waals surface area contributed by atoms with E-state index in [1.807, 2.05) is 13.0 Å². The summed E-state index contributed by atoms with van der Waals surface area (Å²) in [6.07, 6.45) is 0.334. The van der Waals surface area contributed by atoms with Crippen LogP contribution in [0, 0.1) is 24.1 Å². The van der Waals surface area contributed by atoms with Gasteiger partial charge in [0.25, 0.3) is 0 Å². The fraction of sp³-hybridized carbons (Fsp3) is 0.500. The van der Waals surface area contributed by atoms with Gasteiger partial charge in [-0.2, -0.15) is 5.26 Å². The molecule has 1 aromatic rings. The first-order valence-corrected chi connectivity index (χ1v) is 6.30. The van der Waals surface area contributed by atoms with Gasteiger partial charge in [0.15, 0.2) is 0 Å². The second kappa shape index (κ2) is 5.94. The van der Waals surface area contributed by atoms with Crippen LogP contribution in [0.2, 0.25) is 0 Å². The lowest BCUT2D eigenvalue weighted by Gasteiger charge is -2.34. The Bertz CT molecular complexity index is 447. The summed E-state index contributed by atoms with van der Waals surface area (Å²) < 4.78 is 13.9. The summed E-state index contributed by atoms with van der Waals surface area (Å²) in [7, 11) is 0. The summed E-state index contributed by atoms with van der Waals surface area (Å²) in [5.41, 5.74) is 1.68. The molecular weight excluding hydrogens is 229 g/mol. The van der Waals surface area contributed by atoms with E-state index in [4.69, 9.17) is 5.26 Å². The van der Waals surface area contributed by atoms with Crippen LogP contribution in [0.4, 0.5) is 4.39 Å². The molecule has 0 saturated carbocycles. The standard InChI is InChI=1S/C14H18FN3/c1-11-2-3-13(15)12(10-11)14(4-5-16)18-8-6-17-7-9-18/h2-3,10,14,17H,4,6-9H2,1H3/t14-/m1/s1. The molecule has 3 nitrogen and oxygen atoms in total. The molecule has 1 aliphatic rings. The van der Waals surface area contributed by atoms with E-state index in [9.17, 15) is 4.39 Å². The molecule has 1 aromatic carbocycles. The minimum Gasteiger partial charge on any atom is -0.314 e. The number of halogens is 1. The van der Waals surface area contributed by atoms with Crippen LogP contribution in [-0.4, -0.2) is 31.1 Å². The summed E-state index contributed by atoms with van der Waals surface area (Å²) in [5, 5.41) is 12.2. The van der Waals surface area contributed by atoms with Gasteiger partial charge in [0.1, 0.15) is 5.82 Å². The van der Waals surface area contributed by atoms with Crippen LogP contribution < -0.4 is 5.32 Å². The third-order valence-electron chi connectivity index (χ3n) is 3.39. The number of nitriles is 1. The van der Waals surface area contributed by atoms with Crippen LogP contribution in [0.1, 0.15) is 23.6 Å². The highest BCUT2D eigenvalue weighted by molar-refractivity contribution is 5.27. The number of nitrogens with zero attached hydrogens (tertiary/aromatic N) is 2. The quantitative estimate of drug-likeness (QED) is 0.888. The number of benzene rings is 1. The van der Waals surface area contributed by atoms with E-state index in [1.165, 1.54) is 6.07 Å². The summed E-state index contributed by atoms with van der Waals surface area (Å²) in [6.45, 7) is 5.47. The fourth-order valence-electron chi connectivity index (χ4n) is 2.43. The van der Waals surface area contributed by atoms with Gasteiger partial charge in [-0.25, -0.2) is 4.39 Å². The number of nitrogens with one attached hydrogen (secondary N) is 1. The minimum absolute atomic E-state index is 0.128. The largest absolute Gasteiger partial charge is 0.314 e. The van der Waals surface area contributed by atoms with E-state index in [0.717, 1.165) is 31.7 Å². The molecule has 18 heavy (non-hydrogen) atoms. The van der Waals surface area contributed by atoms with Gasteiger partial charge < -0.3 is 5.32 Å². The predicted molar refractivity (Wildman–Crippen MR) is 68.6 cm³/mol. The van der Waals surface area contributed by atoms with Crippen molar-refractivity contribution >= 4 is 0 Å². The molecule has 0 amide bonds. The van der Waals surface area contributed by atoms with Crippen LogP contribution in [0.5, 0.6) is 0 Å². The van der Waals surface area contributed by atoms with E-state index < -0.39 is 0 Å². The zero-order valence-corrected chi connectivity index (χ0v) is 10.6. The molecule has 0 bridgehead atoms. The van der Waals surface area contributed by atoms with Gasteiger partial charge in [0, 0.05) is 31.7 Å². The van der Waals surface area contributed by atoms with Crippen molar-refractivity contribution in [3.63, 3.8) is 0 Å². The Balaban J connectivity index is 2.28. The molecule has 0 radical (unpaired) electrons. The van der Waals surface area contributed by atoms with Gasteiger partial charge in [0.05, 0.1) is 18.5 Å². The summed E-state index contributed by atoms with van der Waals surface area (Å²) in [4.78, 5) is 2.19. The molecule has 1 saturated heterocycles. The molecule has 0 aliphatic carbocycles. The number of hydrogen-bond acceptors (Lipinski definition) is 3. The molecule has 4 heteroatoms. The van der Waals surface area contributed by atoms with Crippen LogP contribution in [0.15, 0.2) is 18.2 Å². The van der Waals surface area contributed by atoms with E-state index in [1.54, 1.807) is 6.07 Å². The maximum Gasteiger partial charge on any atom is 0.128 e. The zero-order chi connectivity index (χ0) is 13.0. The topological polar surface area (TPSA) is 39.1 Å². The van der Waals surface area contributed by atoms with Gasteiger partial charge in [-0.1, -0.05) is 17.7 Å². The van der Waals surface area contributed by atoms with E-state index in [2.05, 4.69) is 16.3 Å². The average Bonchev–Trinajstić information content (AvgIpc) is 2.40. The van der Waals surface area contributed by atoms with Crippen molar-refractivity contribution in [3.8, 4) is 6.07 Å². The van der Waals surface area contributed by atoms with Gasteiger partial charge >= 0.3 is 0 Å². The summed E-state index contributed by atoms with van der Waals surface area (Å²) in [5.74, 6) is -0.209. The summed E-state index contributed by atoms with van der Waals surface area (Å²) in [6, 6.07) is 7.18. The van der Waals surface area contributed by atoms with Crippen LogP contribution in [-0.2, 0) is 0 Å². The number of aryl methyl sites for hydroxylation is 1. The number of piperazine rings is 1. The van der Waals surface area contributed by atoms with Crippen molar-refractivity contribution in [2.75, 3.05) is 26.2 Å². The first kappa shape index (κ1) is 13.0. The third-order valence-corrected chi connectivity index (χ3v) is 3.39. The molecule has 96 valence electrons. The van der Waals surface area contributed by atoms with Crippen molar-refractivity contribution in [1.82, 2.24) is 10.2 Å². The normalized spacial score (nSPS) is 18.3. The molecular formula is C14H18FN3. The maximum atomic E-state index is 13.9. The van der Waals surface area contributed by atoms with Crippen molar-refractivity contribution in [3.05, 3.63) is 35.1 Å². The zero-order valence-electron chi connectivity index (χ0n) is 10.6. The molecule has 2 rings (SSSR count). The van der Waals surface area contributed by atoms with Gasteiger partial charge in [-0.15, -0.1) is 0 Å². The van der Waals surface area contributed by atoms with Gasteiger partial charge in [-0.3, -0.25) is 4.90 Å². The predicted octanol–water partition coefficient (Wildman–Crippen LogP) is 1.99. The first-order chi connectivity index (χ1) is 8.72. The molecule has 0 spiro atoms. The SMILES string of the molecule is Cc1ccc(F)c([C@@H](CC#N)N2CCNCC2)c1. The number of hydrogen-bond donors (Lipinski definition) is 1. The highest BCUT2D eigenvalue weighted by atomic mass is 19.1. The van der Waals surface area contributed by atoms with Crippen LogP contribution in [0.25, 0.3) is 0 Å². The van der Waals surface area contributed by atoms with Crippen LogP contribution in [0.3, 0.4) is 0 Å². The lowest BCUT2D eigenvalue weighted by molar-refractivity contribution is 0.172. The van der Waals surface area contributed by atoms with Gasteiger partial charge in [0.2, 0.25) is 0 Å². The molecule has 1 N–H and O–H groups in total. The second-order valence-electron chi connectivity index (χ2n) is 4.69. The van der Waals surface area contributed by atoms with E-state index in [0.29, 0.717) is 12.0 Å². The molecule has 0 unspecified atom stereocenters. The number of rotatable bonds is 3. The Morgan fingerprint density at radius 1 is 1.44 bits per heavy atom. The van der Waals surface area contributed by atoms with E-state index in [-0.39, 0.29) is 11.9 Å². The Kier molecular flexibility index (Phi) is 4.29. The molecule has 1 heterocycles. The highest BCUT2D eigenvalue weighted by Gasteiger charge is 2.24. The average molecular weight is 247 g/mol. The fourth-order valence-corrected chi connectivity index (χ4v) is 2.43. The van der Waals surface area contributed by atoms with Gasteiger partial charge in [-0.05, 0) is 13.0 Å². The highest BCUT2D eigenvalue weighted by Crippen LogP contribution is 2.27. The minimum atomic E-state index is -0.209. The smallest absolute Gasteiger partial charge is 0.128 e.